The molecule has 0 bridgehead atoms. The van der Waals surface area contributed by atoms with Crippen LogP contribution in [0.5, 0.6) is 11.5 Å². The van der Waals surface area contributed by atoms with E-state index in [1.807, 2.05) is 6.92 Å². The normalized spacial score (nSPS) is 10.1. The standard InChI is InChI=1S/C16H12Cl2O4/c1-2-21-13-5-3-4-10(7-13)16(20)22-15-11(9-19)6-12(17)8-14(15)18/h3-9H,2H2,1H3. The third kappa shape index (κ3) is 3.78. The molecule has 0 atom stereocenters. The molecule has 0 fully saturated rings. The van der Waals surface area contributed by atoms with Crippen LogP contribution in [0, 0.1) is 0 Å². The van der Waals surface area contributed by atoms with E-state index in [2.05, 4.69) is 0 Å². The smallest absolute Gasteiger partial charge is 0.343 e. The first-order valence-corrected chi connectivity index (χ1v) is 7.20. The van der Waals surface area contributed by atoms with Crippen LogP contribution in [0.15, 0.2) is 36.4 Å². The average molecular weight is 339 g/mol. The van der Waals surface area contributed by atoms with E-state index >= 15 is 0 Å². The number of carbonyl (C=O) groups excluding carboxylic acids is 2. The van der Waals surface area contributed by atoms with E-state index in [1.54, 1.807) is 24.3 Å². The van der Waals surface area contributed by atoms with Crippen molar-refractivity contribution < 1.29 is 19.1 Å². The summed E-state index contributed by atoms with van der Waals surface area (Å²) in [7, 11) is 0. The highest BCUT2D eigenvalue weighted by molar-refractivity contribution is 6.36. The zero-order valence-corrected chi connectivity index (χ0v) is 13.1. The van der Waals surface area contributed by atoms with Crippen LogP contribution in [0.3, 0.4) is 0 Å². The van der Waals surface area contributed by atoms with Gasteiger partial charge in [0.15, 0.2) is 12.0 Å². The first kappa shape index (κ1) is 16.3. The van der Waals surface area contributed by atoms with Crippen molar-refractivity contribution in [1.29, 1.82) is 0 Å². The van der Waals surface area contributed by atoms with Crippen molar-refractivity contribution in [3.05, 3.63) is 57.6 Å². The molecule has 0 aromatic heterocycles. The van der Waals surface area contributed by atoms with E-state index in [0.717, 1.165) is 0 Å². The minimum absolute atomic E-state index is 0.0205. The molecule has 0 radical (unpaired) electrons. The lowest BCUT2D eigenvalue weighted by Crippen LogP contribution is -2.10. The molecule has 114 valence electrons. The number of aldehydes is 1. The zero-order valence-electron chi connectivity index (χ0n) is 11.6. The predicted octanol–water partition coefficient (Wildman–Crippen LogP) is 4.42. The molecule has 4 nitrogen and oxygen atoms in total. The first-order valence-electron chi connectivity index (χ1n) is 6.44. The van der Waals surface area contributed by atoms with E-state index in [-0.39, 0.29) is 26.9 Å². The molecule has 0 aliphatic carbocycles. The second-order valence-electron chi connectivity index (χ2n) is 4.27. The molecule has 2 aromatic rings. The van der Waals surface area contributed by atoms with Crippen LogP contribution in [0.1, 0.15) is 27.6 Å². The Kier molecular flexibility index (Phi) is 5.41. The molecule has 0 aliphatic heterocycles. The van der Waals surface area contributed by atoms with E-state index in [1.165, 1.54) is 12.1 Å². The van der Waals surface area contributed by atoms with Crippen molar-refractivity contribution in [2.24, 2.45) is 0 Å². The van der Waals surface area contributed by atoms with E-state index < -0.39 is 5.97 Å². The Morgan fingerprint density at radius 1 is 1.23 bits per heavy atom. The van der Waals surface area contributed by atoms with Crippen LogP contribution in [-0.2, 0) is 0 Å². The fourth-order valence-corrected chi connectivity index (χ4v) is 2.35. The van der Waals surface area contributed by atoms with E-state index in [9.17, 15) is 9.59 Å². The number of benzene rings is 2. The van der Waals surface area contributed by atoms with Crippen LogP contribution in [0.2, 0.25) is 10.0 Å². The topological polar surface area (TPSA) is 52.6 Å². The van der Waals surface area contributed by atoms with Gasteiger partial charge in [0.1, 0.15) is 5.75 Å². The van der Waals surface area contributed by atoms with Crippen molar-refractivity contribution in [3.8, 4) is 11.5 Å². The van der Waals surface area contributed by atoms with Gasteiger partial charge in [-0.3, -0.25) is 4.79 Å². The summed E-state index contributed by atoms with van der Waals surface area (Å²) in [5.74, 6) is -0.114. The predicted molar refractivity (Wildman–Crippen MR) is 84.4 cm³/mol. The Morgan fingerprint density at radius 2 is 2.00 bits per heavy atom. The molecule has 22 heavy (non-hydrogen) atoms. The molecule has 0 spiro atoms. The Hall–Kier alpha value is -2.04. The van der Waals surface area contributed by atoms with Crippen LogP contribution < -0.4 is 9.47 Å². The zero-order chi connectivity index (χ0) is 16.1. The van der Waals surface area contributed by atoms with Gasteiger partial charge in [-0.15, -0.1) is 0 Å². The van der Waals surface area contributed by atoms with Gasteiger partial charge in [0.25, 0.3) is 0 Å². The van der Waals surface area contributed by atoms with Crippen LogP contribution in [-0.4, -0.2) is 18.9 Å². The molecule has 0 aliphatic rings. The molecule has 0 unspecified atom stereocenters. The quantitative estimate of drug-likeness (QED) is 0.460. The van der Waals surface area contributed by atoms with Gasteiger partial charge < -0.3 is 9.47 Å². The second kappa shape index (κ2) is 7.29. The van der Waals surface area contributed by atoms with E-state index in [0.29, 0.717) is 18.6 Å². The summed E-state index contributed by atoms with van der Waals surface area (Å²) in [6.07, 6.45) is 0.525. The van der Waals surface area contributed by atoms with Gasteiger partial charge >= 0.3 is 5.97 Å². The Labute approximate surface area is 137 Å². The summed E-state index contributed by atoms with van der Waals surface area (Å²) in [6.45, 7) is 2.33. The first-order chi connectivity index (χ1) is 10.5. The lowest BCUT2D eigenvalue weighted by Gasteiger charge is -2.10. The largest absolute Gasteiger partial charge is 0.494 e. The number of esters is 1. The maximum absolute atomic E-state index is 12.2. The molecule has 0 saturated carbocycles. The third-order valence-electron chi connectivity index (χ3n) is 2.74. The molecular weight excluding hydrogens is 327 g/mol. The molecule has 2 aromatic carbocycles. The second-order valence-corrected chi connectivity index (χ2v) is 5.12. The number of halogens is 2. The molecule has 0 saturated heterocycles. The minimum Gasteiger partial charge on any atom is -0.494 e. The Bertz CT molecular complexity index is 713. The number of carbonyl (C=O) groups is 2. The molecule has 6 heteroatoms. The van der Waals surface area contributed by atoms with Gasteiger partial charge in [0, 0.05) is 5.02 Å². The lowest BCUT2D eigenvalue weighted by atomic mass is 10.2. The van der Waals surface area contributed by atoms with Crippen molar-refractivity contribution in [2.45, 2.75) is 6.92 Å². The summed E-state index contributed by atoms with van der Waals surface area (Å²) in [6, 6.07) is 9.30. The van der Waals surface area contributed by atoms with Crippen molar-refractivity contribution in [1.82, 2.24) is 0 Å². The molecule has 0 N–H and O–H groups in total. The van der Waals surface area contributed by atoms with Gasteiger partial charge in [-0.1, -0.05) is 29.3 Å². The Balaban J connectivity index is 2.29. The SMILES string of the molecule is CCOc1cccc(C(=O)Oc2c(Cl)cc(Cl)cc2C=O)c1. The van der Waals surface area contributed by atoms with Crippen LogP contribution >= 0.6 is 23.2 Å². The number of rotatable bonds is 5. The van der Waals surface area contributed by atoms with Gasteiger partial charge in [0.2, 0.25) is 0 Å². The fraction of sp³-hybridized carbons (Fsp3) is 0.125. The Morgan fingerprint density at radius 3 is 2.68 bits per heavy atom. The number of hydrogen-bond donors (Lipinski definition) is 0. The third-order valence-corrected chi connectivity index (χ3v) is 3.24. The summed E-state index contributed by atoms with van der Waals surface area (Å²) in [5.41, 5.74) is 0.389. The summed E-state index contributed by atoms with van der Waals surface area (Å²) in [4.78, 5) is 23.3. The van der Waals surface area contributed by atoms with Crippen LogP contribution in [0.25, 0.3) is 0 Å². The fourth-order valence-electron chi connectivity index (χ4n) is 1.81. The highest BCUT2D eigenvalue weighted by atomic mass is 35.5. The van der Waals surface area contributed by atoms with Gasteiger partial charge in [-0.2, -0.15) is 0 Å². The van der Waals surface area contributed by atoms with Crippen LogP contribution in [0.4, 0.5) is 0 Å². The highest BCUT2D eigenvalue weighted by Crippen LogP contribution is 2.32. The van der Waals surface area contributed by atoms with Gasteiger partial charge in [-0.25, -0.2) is 4.79 Å². The lowest BCUT2D eigenvalue weighted by molar-refractivity contribution is 0.0733. The van der Waals surface area contributed by atoms with Gasteiger partial charge in [0.05, 0.1) is 22.8 Å². The molecule has 0 amide bonds. The molecular formula is C16H12Cl2O4. The average Bonchev–Trinajstić information content (AvgIpc) is 2.50. The van der Waals surface area contributed by atoms with E-state index in [4.69, 9.17) is 32.7 Å². The molecule has 2 rings (SSSR count). The summed E-state index contributed by atoms with van der Waals surface area (Å²) in [5, 5.41) is 0.370. The highest BCUT2D eigenvalue weighted by Gasteiger charge is 2.16. The molecule has 0 heterocycles. The van der Waals surface area contributed by atoms with Crippen molar-refractivity contribution >= 4 is 35.5 Å². The van der Waals surface area contributed by atoms with Crippen molar-refractivity contribution in [2.75, 3.05) is 6.61 Å². The number of ether oxygens (including phenoxy) is 2. The summed E-state index contributed by atoms with van der Waals surface area (Å²) < 4.78 is 10.5. The van der Waals surface area contributed by atoms with Crippen molar-refractivity contribution in [3.63, 3.8) is 0 Å². The maximum Gasteiger partial charge on any atom is 0.343 e. The summed E-state index contributed by atoms with van der Waals surface area (Å²) >= 11 is 11.8. The minimum atomic E-state index is -0.645. The number of hydrogen-bond acceptors (Lipinski definition) is 4. The maximum atomic E-state index is 12.2. The van der Waals surface area contributed by atoms with Gasteiger partial charge in [-0.05, 0) is 37.3 Å². The monoisotopic (exact) mass is 338 g/mol.